The Balaban J connectivity index is 2.00. The maximum Gasteiger partial charge on any atom is 0.327 e. The molecule has 0 fully saturated rings. The number of azide groups is 1. The third-order valence-electron chi connectivity index (χ3n) is 2.85. The fourth-order valence-electron chi connectivity index (χ4n) is 1.79. The van der Waals surface area contributed by atoms with Crippen LogP contribution in [0.3, 0.4) is 0 Å². The fraction of sp³-hybridized carbons (Fsp3) is 0.154. The van der Waals surface area contributed by atoms with Crippen LogP contribution in [0.2, 0.25) is 0 Å². The van der Waals surface area contributed by atoms with Crippen molar-refractivity contribution in [3.63, 3.8) is 0 Å². The Morgan fingerprint density at radius 3 is 2.35 bits per heavy atom. The van der Waals surface area contributed by atoms with Gasteiger partial charge in [-0.05, 0) is 17.7 Å². The van der Waals surface area contributed by atoms with Gasteiger partial charge in [0.2, 0.25) is 0 Å². The topological polar surface area (TPSA) is 131 Å². The Hall–Kier alpha value is -2.42. The minimum Gasteiger partial charge on any atom is -0.494 e. The van der Waals surface area contributed by atoms with Crippen LogP contribution >= 0.6 is 21.6 Å². The summed E-state index contributed by atoms with van der Waals surface area (Å²) in [4.78, 5) is 14.9. The number of nitrogens with zero attached hydrogens (tertiary/aromatic N) is 4. The first kappa shape index (κ1) is 16.9. The molecule has 120 valence electrons. The van der Waals surface area contributed by atoms with E-state index in [1.807, 2.05) is 0 Å². The quantitative estimate of drug-likeness (QED) is 0.299. The highest BCUT2D eigenvalue weighted by molar-refractivity contribution is 8.76. The maximum absolute atomic E-state index is 11.3. The number of hydrogen-bond donors (Lipinski definition) is 3. The molecule has 2 aromatic rings. The SMILES string of the molecule is [N-]=[N+]=Nc1ccc(SSCC(C(=O)O)n2c(O)ccc2O)cc1. The van der Waals surface area contributed by atoms with E-state index in [0.29, 0.717) is 5.69 Å². The van der Waals surface area contributed by atoms with Crippen molar-refractivity contribution < 1.29 is 20.1 Å². The van der Waals surface area contributed by atoms with E-state index in [0.717, 1.165) is 9.46 Å². The second kappa shape index (κ2) is 7.73. The molecule has 1 aromatic carbocycles. The Bertz CT molecular complexity index is 721. The van der Waals surface area contributed by atoms with Gasteiger partial charge in [-0.3, -0.25) is 4.57 Å². The molecule has 23 heavy (non-hydrogen) atoms. The van der Waals surface area contributed by atoms with Gasteiger partial charge in [-0.1, -0.05) is 38.8 Å². The van der Waals surface area contributed by atoms with Crippen molar-refractivity contribution >= 4 is 33.2 Å². The standard InChI is InChI=1S/C13H12N4O4S2/c14-16-15-8-1-3-9(4-2-8)23-22-7-10(13(20)21)17-11(18)5-6-12(17)19/h1-6,10,18-19H,7H2,(H,20,21). The molecule has 1 atom stereocenters. The average Bonchev–Trinajstić information content (AvgIpc) is 2.85. The second-order valence-electron chi connectivity index (χ2n) is 4.32. The molecule has 0 aliphatic carbocycles. The van der Waals surface area contributed by atoms with E-state index in [9.17, 15) is 20.1 Å². The van der Waals surface area contributed by atoms with E-state index in [1.54, 1.807) is 24.3 Å². The summed E-state index contributed by atoms with van der Waals surface area (Å²) in [5.74, 6) is -1.63. The highest BCUT2D eigenvalue weighted by atomic mass is 33.1. The van der Waals surface area contributed by atoms with E-state index in [4.69, 9.17) is 5.53 Å². The van der Waals surface area contributed by atoms with Crippen LogP contribution in [0, 0.1) is 0 Å². The highest BCUT2D eigenvalue weighted by Gasteiger charge is 2.24. The first-order chi connectivity index (χ1) is 11.0. The van der Waals surface area contributed by atoms with Crippen LogP contribution in [0.4, 0.5) is 5.69 Å². The molecule has 0 amide bonds. The van der Waals surface area contributed by atoms with Gasteiger partial charge in [0.1, 0.15) is 6.04 Å². The summed E-state index contributed by atoms with van der Waals surface area (Å²) < 4.78 is 0.959. The van der Waals surface area contributed by atoms with Crippen LogP contribution < -0.4 is 0 Å². The molecule has 1 unspecified atom stereocenters. The molecule has 1 aromatic heterocycles. The van der Waals surface area contributed by atoms with Crippen molar-refractivity contribution in [2.75, 3.05) is 5.75 Å². The Labute approximate surface area is 138 Å². The van der Waals surface area contributed by atoms with Crippen molar-refractivity contribution in [3.8, 4) is 11.8 Å². The Morgan fingerprint density at radius 2 is 1.83 bits per heavy atom. The van der Waals surface area contributed by atoms with E-state index in [-0.39, 0.29) is 17.5 Å². The summed E-state index contributed by atoms with van der Waals surface area (Å²) in [7, 11) is 2.61. The number of aromatic nitrogens is 1. The van der Waals surface area contributed by atoms with Crippen molar-refractivity contribution in [2.45, 2.75) is 10.9 Å². The zero-order chi connectivity index (χ0) is 16.8. The number of carboxylic acids is 1. The van der Waals surface area contributed by atoms with E-state index in [1.165, 1.54) is 33.7 Å². The molecule has 0 spiro atoms. The molecule has 3 N–H and O–H groups in total. The first-order valence-corrected chi connectivity index (χ1v) is 8.61. The van der Waals surface area contributed by atoms with Gasteiger partial charge in [-0.2, -0.15) is 0 Å². The number of aliphatic carboxylic acids is 1. The smallest absolute Gasteiger partial charge is 0.327 e. The normalized spacial score (nSPS) is 11.7. The van der Waals surface area contributed by atoms with Crippen LogP contribution in [0.15, 0.2) is 46.4 Å². The third kappa shape index (κ3) is 4.28. The van der Waals surface area contributed by atoms with E-state index < -0.39 is 12.0 Å². The zero-order valence-corrected chi connectivity index (χ0v) is 13.2. The average molecular weight is 352 g/mol. The monoisotopic (exact) mass is 352 g/mol. The van der Waals surface area contributed by atoms with Crippen LogP contribution in [-0.2, 0) is 4.79 Å². The summed E-state index contributed by atoms with van der Waals surface area (Å²) in [6, 6.07) is 8.19. The van der Waals surface area contributed by atoms with Gasteiger partial charge in [0, 0.05) is 33.4 Å². The van der Waals surface area contributed by atoms with Gasteiger partial charge in [-0.25, -0.2) is 4.79 Å². The third-order valence-corrected chi connectivity index (χ3v) is 5.22. The van der Waals surface area contributed by atoms with Crippen LogP contribution in [-0.4, -0.2) is 31.6 Å². The largest absolute Gasteiger partial charge is 0.494 e. The van der Waals surface area contributed by atoms with Crippen molar-refractivity contribution in [1.82, 2.24) is 4.57 Å². The van der Waals surface area contributed by atoms with Gasteiger partial charge in [0.15, 0.2) is 11.8 Å². The predicted octanol–water partition coefficient (Wildman–Crippen LogP) is 3.91. The molecule has 10 heteroatoms. The lowest BCUT2D eigenvalue weighted by molar-refractivity contribution is -0.140. The summed E-state index contributed by atoms with van der Waals surface area (Å²) in [6.07, 6.45) is 0. The molecule has 0 aliphatic rings. The van der Waals surface area contributed by atoms with E-state index >= 15 is 0 Å². The highest BCUT2D eigenvalue weighted by Crippen LogP contribution is 2.36. The number of benzene rings is 1. The molecular formula is C13H12N4O4S2. The van der Waals surface area contributed by atoms with Gasteiger partial charge < -0.3 is 15.3 Å². The van der Waals surface area contributed by atoms with Crippen LogP contribution in [0.1, 0.15) is 6.04 Å². The molecule has 8 nitrogen and oxygen atoms in total. The van der Waals surface area contributed by atoms with Gasteiger partial charge >= 0.3 is 5.97 Å². The molecule has 1 heterocycles. The van der Waals surface area contributed by atoms with Crippen molar-refractivity contribution in [2.24, 2.45) is 5.11 Å². The molecular weight excluding hydrogens is 340 g/mol. The molecule has 0 saturated heterocycles. The molecule has 0 saturated carbocycles. The Morgan fingerprint density at radius 1 is 1.22 bits per heavy atom. The molecule has 2 rings (SSSR count). The number of hydrogen-bond acceptors (Lipinski definition) is 6. The lowest BCUT2D eigenvalue weighted by atomic mass is 10.3. The summed E-state index contributed by atoms with van der Waals surface area (Å²) in [5, 5.41) is 32.0. The number of rotatable bonds is 7. The lowest BCUT2D eigenvalue weighted by Gasteiger charge is -2.15. The maximum atomic E-state index is 11.3. The number of aromatic hydroxyl groups is 2. The minimum atomic E-state index is -1.15. The molecule has 0 radical (unpaired) electrons. The molecule has 0 bridgehead atoms. The minimum absolute atomic E-state index is 0.133. The van der Waals surface area contributed by atoms with E-state index in [2.05, 4.69) is 10.0 Å². The van der Waals surface area contributed by atoms with Crippen molar-refractivity contribution in [1.29, 1.82) is 0 Å². The van der Waals surface area contributed by atoms with Gasteiger partial charge in [-0.15, -0.1) is 0 Å². The lowest BCUT2D eigenvalue weighted by Crippen LogP contribution is -2.20. The fourth-order valence-corrected chi connectivity index (χ4v) is 3.99. The van der Waals surface area contributed by atoms with Crippen LogP contribution in [0.5, 0.6) is 11.8 Å². The number of carboxylic acid groups (broad SMARTS) is 1. The predicted molar refractivity (Wildman–Crippen MR) is 88.0 cm³/mol. The summed E-state index contributed by atoms with van der Waals surface area (Å²) in [5.41, 5.74) is 8.82. The van der Waals surface area contributed by atoms with Crippen LogP contribution in [0.25, 0.3) is 10.4 Å². The zero-order valence-electron chi connectivity index (χ0n) is 11.6. The van der Waals surface area contributed by atoms with Crippen molar-refractivity contribution in [3.05, 3.63) is 46.8 Å². The summed E-state index contributed by atoms with van der Waals surface area (Å²) >= 11 is 0. The first-order valence-electron chi connectivity index (χ1n) is 6.29. The van der Waals surface area contributed by atoms with Gasteiger partial charge in [0.25, 0.3) is 0 Å². The van der Waals surface area contributed by atoms with Gasteiger partial charge in [0.05, 0.1) is 0 Å². The Kier molecular flexibility index (Phi) is 5.69. The molecule has 0 aliphatic heterocycles. The summed E-state index contributed by atoms with van der Waals surface area (Å²) in [6.45, 7) is 0. The second-order valence-corrected chi connectivity index (χ2v) is 6.74. The number of carbonyl (C=O) groups is 1.